The van der Waals surface area contributed by atoms with Gasteiger partial charge in [-0.3, -0.25) is 4.90 Å². The van der Waals surface area contributed by atoms with E-state index in [0.29, 0.717) is 12.6 Å². The van der Waals surface area contributed by atoms with E-state index < -0.39 is 0 Å². The van der Waals surface area contributed by atoms with Crippen molar-refractivity contribution in [1.82, 2.24) is 10.2 Å². The first-order valence-electron chi connectivity index (χ1n) is 10.9. The highest BCUT2D eigenvalue weighted by Crippen LogP contribution is 2.33. The van der Waals surface area contributed by atoms with E-state index in [1.165, 1.54) is 47.9 Å². The molecule has 2 aromatic rings. The van der Waals surface area contributed by atoms with Gasteiger partial charge in [0.1, 0.15) is 12.4 Å². The van der Waals surface area contributed by atoms with Crippen molar-refractivity contribution in [3.63, 3.8) is 0 Å². The smallest absolute Gasteiger partial charge is 0.125 e. The van der Waals surface area contributed by atoms with Gasteiger partial charge in [0, 0.05) is 32.2 Å². The summed E-state index contributed by atoms with van der Waals surface area (Å²) in [6, 6.07) is 15.7. The number of piperazine rings is 1. The Hall–Kier alpha value is -1.84. The van der Waals surface area contributed by atoms with Crippen molar-refractivity contribution < 1.29 is 4.74 Å². The van der Waals surface area contributed by atoms with E-state index in [2.05, 4.69) is 67.4 Å². The Morgan fingerprint density at radius 2 is 1.68 bits per heavy atom. The van der Waals surface area contributed by atoms with Crippen LogP contribution in [0, 0.1) is 13.8 Å². The Kier molecular flexibility index (Phi) is 7.93. The minimum atomic E-state index is 0.522. The first-order valence-corrected chi connectivity index (χ1v) is 10.9. The maximum Gasteiger partial charge on any atom is 0.125 e. The second-order valence-corrected chi connectivity index (χ2v) is 8.06. The van der Waals surface area contributed by atoms with Crippen molar-refractivity contribution in [2.75, 3.05) is 26.2 Å². The number of hydrogen-bond acceptors (Lipinski definition) is 3. The first-order chi connectivity index (χ1) is 13.7. The van der Waals surface area contributed by atoms with Crippen molar-refractivity contribution in [1.29, 1.82) is 0 Å². The molecule has 2 aromatic carbocycles. The molecule has 1 heterocycles. The maximum absolute atomic E-state index is 6.21. The second kappa shape index (κ2) is 10.6. The standard InChI is InChI=1S/C25H36N2O/c1-4-5-7-12-24(27-15-13-26-14-16-27)23-17-20(2)25(21(3)18-23)28-19-22-10-8-6-9-11-22/h6,8-11,17-18,24,26H,4-5,7,12-16,19H2,1-3H3/t24-/m1/s1. The van der Waals surface area contributed by atoms with Crippen LogP contribution in [0.1, 0.15) is 60.9 Å². The van der Waals surface area contributed by atoms with Gasteiger partial charge in [-0.15, -0.1) is 0 Å². The molecule has 1 fully saturated rings. The molecule has 1 N–H and O–H groups in total. The van der Waals surface area contributed by atoms with Crippen LogP contribution in [0.2, 0.25) is 0 Å². The SMILES string of the molecule is CCCCC[C@H](c1cc(C)c(OCc2ccccc2)c(C)c1)N1CCNCC1. The summed E-state index contributed by atoms with van der Waals surface area (Å²) in [4.78, 5) is 2.67. The molecule has 3 heteroatoms. The first kappa shape index (κ1) is 20.9. The zero-order valence-corrected chi connectivity index (χ0v) is 17.8. The van der Waals surface area contributed by atoms with E-state index in [9.17, 15) is 0 Å². The molecule has 0 saturated carbocycles. The van der Waals surface area contributed by atoms with Gasteiger partial charge in [-0.05, 0) is 42.5 Å². The molecule has 0 bridgehead atoms. The molecule has 28 heavy (non-hydrogen) atoms. The summed E-state index contributed by atoms with van der Waals surface area (Å²) in [5.41, 5.74) is 5.17. The van der Waals surface area contributed by atoms with Gasteiger partial charge in [0.05, 0.1) is 0 Å². The molecule has 0 amide bonds. The molecule has 3 nitrogen and oxygen atoms in total. The van der Waals surface area contributed by atoms with Gasteiger partial charge in [-0.25, -0.2) is 0 Å². The zero-order chi connectivity index (χ0) is 19.8. The van der Waals surface area contributed by atoms with Crippen LogP contribution in [0.4, 0.5) is 0 Å². The number of rotatable bonds is 9. The number of nitrogens with zero attached hydrogens (tertiary/aromatic N) is 1. The minimum Gasteiger partial charge on any atom is -0.488 e. The summed E-state index contributed by atoms with van der Waals surface area (Å²) in [5, 5.41) is 3.49. The van der Waals surface area contributed by atoms with Crippen LogP contribution < -0.4 is 10.1 Å². The van der Waals surface area contributed by atoms with Crippen LogP contribution in [0.15, 0.2) is 42.5 Å². The molecule has 1 atom stereocenters. The summed E-state index contributed by atoms with van der Waals surface area (Å²) in [5.74, 6) is 1.04. The van der Waals surface area contributed by atoms with Crippen molar-refractivity contribution in [2.45, 2.75) is 59.1 Å². The van der Waals surface area contributed by atoms with Crippen LogP contribution >= 0.6 is 0 Å². The van der Waals surface area contributed by atoms with Gasteiger partial charge < -0.3 is 10.1 Å². The lowest BCUT2D eigenvalue weighted by Gasteiger charge is -2.36. The van der Waals surface area contributed by atoms with Crippen molar-refractivity contribution in [2.24, 2.45) is 0 Å². The predicted molar refractivity (Wildman–Crippen MR) is 118 cm³/mol. The van der Waals surface area contributed by atoms with Gasteiger partial charge in [-0.1, -0.05) is 68.7 Å². The number of unbranched alkanes of at least 4 members (excludes halogenated alkanes) is 2. The fourth-order valence-corrected chi connectivity index (χ4v) is 4.28. The summed E-state index contributed by atoms with van der Waals surface area (Å²) in [7, 11) is 0. The minimum absolute atomic E-state index is 0.522. The zero-order valence-electron chi connectivity index (χ0n) is 17.8. The van der Waals surface area contributed by atoms with Gasteiger partial charge >= 0.3 is 0 Å². The molecule has 152 valence electrons. The molecule has 0 radical (unpaired) electrons. The van der Waals surface area contributed by atoms with Crippen LogP contribution in [-0.4, -0.2) is 31.1 Å². The third kappa shape index (κ3) is 5.59. The Morgan fingerprint density at radius 1 is 1.00 bits per heavy atom. The lowest BCUT2D eigenvalue weighted by atomic mass is 9.94. The summed E-state index contributed by atoms with van der Waals surface area (Å²) in [6.45, 7) is 11.8. The molecule has 3 rings (SSSR count). The van der Waals surface area contributed by atoms with E-state index in [1.54, 1.807) is 0 Å². The second-order valence-electron chi connectivity index (χ2n) is 8.06. The number of aryl methyl sites for hydroxylation is 2. The largest absolute Gasteiger partial charge is 0.488 e. The lowest BCUT2D eigenvalue weighted by molar-refractivity contribution is 0.162. The fourth-order valence-electron chi connectivity index (χ4n) is 4.28. The topological polar surface area (TPSA) is 24.5 Å². The van der Waals surface area contributed by atoms with E-state index in [1.807, 2.05) is 6.07 Å². The number of benzene rings is 2. The van der Waals surface area contributed by atoms with Gasteiger partial charge in [-0.2, -0.15) is 0 Å². The molecular formula is C25H36N2O. The van der Waals surface area contributed by atoms with Gasteiger partial charge in [0.2, 0.25) is 0 Å². The third-order valence-corrected chi connectivity index (χ3v) is 5.77. The van der Waals surface area contributed by atoms with E-state index in [-0.39, 0.29) is 0 Å². The molecule has 1 saturated heterocycles. The number of ether oxygens (including phenoxy) is 1. The molecule has 0 aromatic heterocycles. The highest BCUT2D eigenvalue weighted by Gasteiger charge is 2.23. The maximum atomic E-state index is 6.21. The Balaban J connectivity index is 1.76. The summed E-state index contributed by atoms with van der Waals surface area (Å²) in [6.07, 6.45) is 5.14. The van der Waals surface area contributed by atoms with E-state index in [4.69, 9.17) is 4.74 Å². The molecule has 1 aliphatic heterocycles. The average Bonchev–Trinajstić information content (AvgIpc) is 2.72. The molecule has 0 unspecified atom stereocenters. The predicted octanol–water partition coefficient (Wildman–Crippen LogP) is 5.41. The van der Waals surface area contributed by atoms with Crippen molar-refractivity contribution in [3.8, 4) is 5.75 Å². The quantitative estimate of drug-likeness (QED) is 0.589. The van der Waals surface area contributed by atoms with Gasteiger partial charge in [0.15, 0.2) is 0 Å². The van der Waals surface area contributed by atoms with Crippen LogP contribution in [-0.2, 0) is 6.61 Å². The van der Waals surface area contributed by atoms with E-state index >= 15 is 0 Å². The average molecular weight is 381 g/mol. The Morgan fingerprint density at radius 3 is 2.32 bits per heavy atom. The van der Waals surface area contributed by atoms with Gasteiger partial charge in [0.25, 0.3) is 0 Å². The van der Waals surface area contributed by atoms with Crippen LogP contribution in [0.5, 0.6) is 5.75 Å². The highest BCUT2D eigenvalue weighted by molar-refractivity contribution is 5.44. The summed E-state index contributed by atoms with van der Waals surface area (Å²) < 4.78 is 6.21. The number of nitrogens with one attached hydrogen (secondary N) is 1. The monoisotopic (exact) mass is 380 g/mol. The van der Waals surface area contributed by atoms with E-state index in [0.717, 1.165) is 31.9 Å². The molecule has 0 aliphatic carbocycles. The van der Waals surface area contributed by atoms with Crippen LogP contribution in [0.3, 0.4) is 0 Å². The van der Waals surface area contributed by atoms with Crippen LogP contribution in [0.25, 0.3) is 0 Å². The molecule has 0 spiro atoms. The third-order valence-electron chi connectivity index (χ3n) is 5.77. The highest BCUT2D eigenvalue weighted by atomic mass is 16.5. The molecule has 1 aliphatic rings. The normalized spacial score (nSPS) is 16.1. The number of hydrogen-bond donors (Lipinski definition) is 1. The lowest BCUT2D eigenvalue weighted by Crippen LogP contribution is -2.45. The van der Waals surface area contributed by atoms with Crippen molar-refractivity contribution >= 4 is 0 Å². The Labute approximate surface area is 171 Å². The summed E-state index contributed by atoms with van der Waals surface area (Å²) >= 11 is 0. The molecular weight excluding hydrogens is 344 g/mol. The Bertz CT molecular complexity index is 700. The fraction of sp³-hybridized carbons (Fsp3) is 0.520. The van der Waals surface area contributed by atoms with Crippen molar-refractivity contribution in [3.05, 3.63) is 64.7 Å².